The van der Waals surface area contributed by atoms with Crippen LogP contribution in [-0.2, 0) is 0 Å². The van der Waals surface area contributed by atoms with Crippen molar-refractivity contribution in [2.75, 3.05) is 7.11 Å². The monoisotopic (exact) mass is 246 g/mol. The zero-order valence-electron chi connectivity index (χ0n) is 9.86. The lowest BCUT2D eigenvalue weighted by atomic mass is 9.99. The Morgan fingerprint density at radius 3 is 2.17 bits per heavy atom. The first-order chi connectivity index (χ1) is 8.72. The smallest absolute Gasteiger partial charge is 0.278 e. The first kappa shape index (κ1) is 12.3. The van der Waals surface area contributed by atoms with Gasteiger partial charge in [0.1, 0.15) is 5.75 Å². The quantitative estimate of drug-likeness (QED) is 0.782. The molecule has 0 aliphatic carbocycles. The minimum atomic E-state index is -1.70. The van der Waals surface area contributed by atoms with Gasteiger partial charge in [0, 0.05) is 0 Å². The van der Waals surface area contributed by atoms with Gasteiger partial charge < -0.3 is 4.74 Å². The largest absolute Gasteiger partial charge is 0.497 e. The van der Waals surface area contributed by atoms with E-state index in [1.54, 1.807) is 54.6 Å². The van der Waals surface area contributed by atoms with Crippen LogP contribution in [0.25, 0.3) is 5.57 Å². The van der Waals surface area contributed by atoms with Crippen molar-refractivity contribution in [1.29, 1.82) is 0 Å². The lowest BCUT2D eigenvalue weighted by molar-refractivity contribution is 0.414. The molecule has 0 amide bonds. The summed E-state index contributed by atoms with van der Waals surface area (Å²) < 4.78 is 31.3. The van der Waals surface area contributed by atoms with Crippen LogP contribution in [0, 0.1) is 0 Å². The predicted molar refractivity (Wildman–Crippen MR) is 67.7 cm³/mol. The summed E-state index contributed by atoms with van der Waals surface area (Å²) in [6.45, 7) is 0. The second kappa shape index (κ2) is 5.45. The molecule has 0 aliphatic heterocycles. The lowest BCUT2D eigenvalue weighted by Crippen LogP contribution is -1.91. The number of ether oxygens (including phenoxy) is 1. The van der Waals surface area contributed by atoms with Gasteiger partial charge in [-0.05, 0) is 23.3 Å². The van der Waals surface area contributed by atoms with Crippen LogP contribution in [0.3, 0.4) is 0 Å². The highest BCUT2D eigenvalue weighted by molar-refractivity contribution is 5.80. The van der Waals surface area contributed by atoms with Gasteiger partial charge in [-0.2, -0.15) is 8.78 Å². The first-order valence-corrected chi connectivity index (χ1v) is 5.47. The molecule has 0 unspecified atom stereocenters. The van der Waals surface area contributed by atoms with Crippen LogP contribution in [-0.4, -0.2) is 7.11 Å². The molecule has 3 heteroatoms. The van der Waals surface area contributed by atoms with Crippen molar-refractivity contribution >= 4 is 5.57 Å². The summed E-state index contributed by atoms with van der Waals surface area (Å²) in [5, 5.41) is 0. The minimum absolute atomic E-state index is 0.0606. The van der Waals surface area contributed by atoms with Crippen LogP contribution in [0.1, 0.15) is 11.1 Å². The number of benzene rings is 2. The van der Waals surface area contributed by atoms with Gasteiger partial charge in [0.2, 0.25) is 0 Å². The second-order valence-corrected chi connectivity index (χ2v) is 3.73. The van der Waals surface area contributed by atoms with Crippen molar-refractivity contribution in [3.63, 3.8) is 0 Å². The molecule has 0 atom stereocenters. The summed E-state index contributed by atoms with van der Waals surface area (Å²) in [4.78, 5) is 0. The summed E-state index contributed by atoms with van der Waals surface area (Å²) >= 11 is 0. The Kier molecular flexibility index (Phi) is 3.72. The highest BCUT2D eigenvalue weighted by Gasteiger charge is 2.12. The molecule has 0 fully saturated rings. The molecule has 92 valence electrons. The Morgan fingerprint density at radius 1 is 0.889 bits per heavy atom. The Morgan fingerprint density at radius 2 is 1.56 bits per heavy atom. The van der Waals surface area contributed by atoms with Gasteiger partial charge in [0.25, 0.3) is 6.08 Å². The molecule has 0 radical (unpaired) electrons. The van der Waals surface area contributed by atoms with Gasteiger partial charge >= 0.3 is 0 Å². The average molecular weight is 246 g/mol. The third-order valence-electron chi connectivity index (χ3n) is 2.61. The molecule has 1 nitrogen and oxygen atoms in total. The highest BCUT2D eigenvalue weighted by Crippen LogP contribution is 2.30. The summed E-state index contributed by atoms with van der Waals surface area (Å²) in [5.74, 6) is 0.558. The number of methoxy groups -OCH3 is 1. The first-order valence-electron chi connectivity index (χ1n) is 5.47. The maximum atomic E-state index is 13.1. The molecular formula is C15H12F2O. The van der Waals surface area contributed by atoms with E-state index in [9.17, 15) is 8.78 Å². The molecule has 0 heterocycles. The third-order valence-corrected chi connectivity index (χ3v) is 2.61. The standard InChI is InChI=1S/C15H12F2O/c1-18-13-9-5-8-12(10-13)14(15(16)17)11-6-3-2-4-7-11/h2-10H,1H3. The molecule has 18 heavy (non-hydrogen) atoms. The second-order valence-electron chi connectivity index (χ2n) is 3.73. The molecule has 2 aromatic carbocycles. The van der Waals surface area contributed by atoms with E-state index >= 15 is 0 Å². The minimum Gasteiger partial charge on any atom is -0.497 e. The van der Waals surface area contributed by atoms with E-state index in [2.05, 4.69) is 0 Å². The van der Waals surface area contributed by atoms with E-state index in [-0.39, 0.29) is 5.57 Å². The van der Waals surface area contributed by atoms with Gasteiger partial charge in [-0.3, -0.25) is 0 Å². The lowest BCUT2D eigenvalue weighted by Gasteiger charge is -2.08. The molecule has 0 aliphatic rings. The van der Waals surface area contributed by atoms with E-state index in [0.29, 0.717) is 16.9 Å². The number of rotatable bonds is 3. The summed E-state index contributed by atoms with van der Waals surface area (Å²) in [7, 11) is 1.51. The highest BCUT2D eigenvalue weighted by atomic mass is 19.3. The molecule has 2 aromatic rings. The van der Waals surface area contributed by atoms with Crippen molar-refractivity contribution in [3.8, 4) is 5.75 Å². The predicted octanol–water partition coefficient (Wildman–Crippen LogP) is 4.35. The van der Waals surface area contributed by atoms with Crippen LogP contribution in [0.5, 0.6) is 5.75 Å². The fourth-order valence-electron chi connectivity index (χ4n) is 1.77. The number of hydrogen-bond acceptors (Lipinski definition) is 1. The molecule has 0 saturated heterocycles. The molecule has 0 saturated carbocycles. The van der Waals surface area contributed by atoms with Crippen LogP contribution in [0.15, 0.2) is 60.7 Å². The van der Waals surface area contributed by atoms with E-state index in [1.165, 1.54) is 7.11 Å². The van der Waals surface area contributed by atoms with Crippen molar-refractivity contribution < 1.29 is 13.5 Å². The Balaban J connectivity index is 2.53. The molecule has 0 aromatic heterocycles. The van der Waals surface area contributed by atoms with Crippen LogP contribution in [0.4, 0.5) is 8.78 Å². The summed E-state index contributed by atoms with van der Waals surface area (Å²) in [5.41, 5.74) is 0.876. The third kappa shape index (κ3) is 2.56. The van der Waals surface area contributed by atoms with Gasteiger partial charge in [-0.15, -0.1) is 0 Å². The van der Waals surface area contributed by atoms with Gasteiger partial charge in [0.05, 0.1) is 12.7 Å². The molecule has 2 rings (SSSR count). The molecule has 0 spiro atoms. The zero-order valence-corrected chi connectivity index (χ0v) is 9.86. The Labute approximate surface area is 104 Å². The maximum Gasteiger partial charge on any atom is 0.278 e. The summed E-state index contributed by atoms with van der Waals surface area (Å²) in [6.07, 6.45) is -1.70. The van der Waals surface area contributed by atoms with Gasteiger partial charge in [-0.25, -0.2) is 0 Å². The number of hydrogen-bond donors (Lipinski definition) is 0. The fourth-order valence-corrected chi connectivity index (χ4v) is 1.77. The van der Waals surface area contributed by atoms with Crippen LogP contribution in [0.2, 0.25) is 0 Å². The summed E-state index contributed by atoms with van der Waals surface area (Å²) in [6, 6.07) is 15.2. The topological polar surface area (TPSA) is 9.23 Å². The van der Waals surface area contributed by atoms with E-state index in [1.807, 2.05) is 0 Å². The fraction of sp³-hybridized carbons (Fsp3) is 0.0667. The molecule has 0 bridgehead atoms. The van der Waals surface area contributed by atoms with Crippen LogP contribution >= 0.6 is 0 Å². The number of halogens is 2. The van der Waals surface area contributed by atoms with Crippen molar-refractivity contribution in [2.24, 2.45) is 0 Å². The van der Waals surface area contributed by atoms with E-state index < -0.39 is 6.08 Å². The Hall–Kier alpha value is -2.16. The van der Waals surface area contributed by atoms with E-state index in [4.69, 9.17) is 4.74 Å². The average Bonchev–Trinajstić information content (AvgIpc) is 2.40. The normalized spacial score (nSPS) is 9.94. The molecular weight excluding hydrogens is 234 g/mol. The molecule has 0 N–H and O–H groups in total. The van der Waals surface area contributed by atoms with Crippen LogP contribution < -0.4 is 4.74 Å². The Bertz CT molecular complexity index is 558. The van der Waals surface area contributed by atoms with E-state index in [0.717, 1.165) is 0 Å². The van der Waals surface area contributed by atoms with Crippen molar-refractivity contribution in [3.05, 3.63) is 71.8 Å². The van der Waals surface area contributed by atoms with Crippen molar-refractivity contribution in [1.82, 2.24) is 0 Å². The van der Waals surface area contributed by atoms with Crippen molar-refractivity contribution in [2.45, 2.75) is 0 Å². The zero-order chi connectivity index (χ0) is 13.0. The SMILES string of the molecule is COc1cccc(C(=C(F)F)c2ccccc2)c1. The maximum absolute atomic E-state index is 13.1. The van der Waals surface area contributed by atoms with Gasteiger partial charge in [-0.1, -0.05) is 42.5 Å². The van der Waals surface area contributed by atoms with Gasteiger partial charge in [0.15, 0.2) is 0 Å².